The van der Waals surface area contributed by atoms with E-state index < -0.39 is 6.10 Å². The fourth-order valence-electron chi connectivity index (χ4n) is 2.33. The molecule has 114 valence electrons. The second-order valence-corrected chi connectivity index (χ2v) is 6.06. The number of nitrogens with one attached hydrogen (secondary N) is 1. The maximum Gasteiger partial charge on any atom is 0.251 e. The van der Waals surface area contributed by atoms with Crippen LogP contribution in [0.15, 0.2) is 28.7 Å². The average Bonchev–Trinajstić information content (AvgIpc) is 2.47. The van der Waals surface area contributed by atoms with Crippen LogP contribution in [0.5, 0.6) is 0 Å². The molecule has 1 aromatic rings. The molecule has 0 radical (unpaired) electrons. The fourth-order valence-corrected chi connectivity index (χ4v) is 2.59. The first-order valence-corrected chi connectivity index (χ1v) is 7.85. The van der Waals surface area contributed by atoms with Crippen LogP contribution in [0.25, 0.3) is 0 Å². The van der Waals surface area contributed by atoms with E-state index >= 15 is 0 Å². The van der Waals surface area contributed by atoms with Gasteiger partial charge in [0.05, 0.1) is 6.10 Å². The van der Waals surface area contributed by atoms with Gasteiger partial charge in [-0.25, -0.2) is 0 Å². The number of carbonyl (C=O) groups excluding carboxylic acids is 2. The third-order valence-electron chi connectivity index (χ3n) is 3.48. The van der Waals surface area contributed by atoms with Crippen molar-refractivity contribution in [3.63, 3.8) is 0 Å². The molecule has 21 heavy (non-hydrogen) atoms. The molecule has 1 aliphatic heterocycles. The van der Waals surface area contributed by atoms with E-state index in [4.69, 9.17) is 0 Å². The summed E-state index contributed by atoms with van der Waals surface area (Å²) in [6, 6.07) is 7.05. The van der Waals surface area contributed by atoms with Crippen molar-refractivity contribution in [2.45, 2.75) is 25.4 Å². The number of hydrogen-bond acceptors (Lipinski definition) is 3. The second kappa shape index (κ2) is 7.56. The number of aliphatic hydroxyl groups is 1. The first-order chi connectivity index (χ1) is 10.1. The predicted octanol–water partition coefficient (Wildman–Crippen LogP) is 1.55. The van der Waals surface area contributed by atoms with Gasteiger partial charge in [0.25, 0.3) is 5.91 Å². The standard InChI is InChI=1S/C15H19BrN2O3/c16-12-5-3-11(4-6-12)15(21)17-8-7-14(20)18-9-1-2-13(19)10-18/h3-6,13,19H,1-2,7-10H2,(H,17,21)/t13-/m1/s1. The van der Waals surface area contributed by atoms with Gasteiger partial charge in [0.2, 0.25) is 5.91 Å². The summed E-state index contributed by atoms with van der Waals surface area (Å²) in [5.74, 6) is -0.209. The van der Waals surface area contributed by atoms with Crippen LogP contribution in [0.4, 0.5) is 0 Å². The number of rotatable bonds is 4. The van der Waals surface area contributed by atoms with Crippen molar-refractivity contribution in [3.8, 4) is 0 Å². The number of carbonyl (C=O) groups is 2. The number of benzene rings is 1. The summed E-state index contributed by atoms with van der Waals surface area (Å²) < 4.78 is 0.915. The highest BCUT2D eigenvalue weighted by Crippen LogP contribution is 2.11. The molecule has 1 aromatic carbocycles. The topological polar surface area (TPSA) is 69.6 Å². The lowest BCUT2D eigenvalue weighted by Crippen LogP contribution is -2.43. The molecule has 0 saturated carbocycles. The first-order valence-electron chi connectivity index (χ1n) is 7.06. The van der Waals surface area contributed by atoms with Crippen LogP contribution in [-0.2, 0) is 4.79 Å². The summed E-state index contributed by atoms with van der Waals surface area (Å²) in [6.45, 7) is 1.40. The van der Waals surface area contributed by atoms with Gasteiger partial charge in [0, 0.05) is 36.1 Å². The Morgan fingerprint density at radius 3 is 2.71 bits per heavy atom. The van der Waals surface area contributed by atoms with Crippen molar-refractivity contribution < 1.29 is 14.7 Å². The van der Waals surface area contributed by atoms with Crippen LogP contribution < -0.4 is 5.32 Å². The highest BCUT2D eigenvalue weighted by Gasteiger charge is 2.21. The number of β-amino-alcohol motifs (C(OH)–C–C–N with tert-alkyl or cyclic N) is 1. The Morgan fingerprint density at radius 1 is 1.33 bits per heavy atom. The predicted molar refractivity (Wildman–Crippen MR) is 82.9 cm³/mol. The van der Waals surface area contributed by atoms with Gasteiger partial charge >= 0.3 is 0 Å². The summed E-state index contributed by atoms with van der Waals surface area (Å²) >= 11 is 3.31. The van der Waals surface area contributed by atoms with Crippen molar-refractivity contribution in [1.29, 1.82) is 0 Å². The molecule has 1 saturated heterocycles. The summed E-state index contributed by atoms with van der Waals surface area (Å²) in [7, 11) is 0. The fraction of sp³-hybridized carbons (Fsp3) is 0.467. The Hall–Kier alpha value is -1.40. The smallest absolute Gasteiger partial charge is 0.251 e. The van der Waals surface area contributed by atoms with E-state index in [0.717, 1.165) is 17.3 Å². The van der Waals surface area contributed by atoms with E-state index in [-0.39, 0.29) is 18.2 Å². The molecule has 1 fully saturated rings. The molecule has 2 rings (SSSR count). The van der Waals surface area contributed by atoms with Crippen LogP contribution >= 0.6 is 15.9 Å². The van der Waals surface area contributed by atoms with Gasteiger partial charge < -0.3 is 15.3 Å². The third kappa shape index (κ3) is 4.82. The van der Waals surface area contributed by atoms with E-state index in [2.05, 4.69) is 21.2 Å². The minimum atomic E-state index is -0.417. The molecule has 6 heteroatoms. The molecule has 1 heterocycles. The Bertz CT molecular complexity index is 504. The Kier molecular flexibility index (Phi) is 5.76. The SMILES string of the molecule is O=C(NCCC(=O)N1CCC[C@@H](O)C1)c1ccc(Br)cc1. The van der Waals surface area contributed by atoms with Gasteiger partial charge in [-0.3, -0.25) is 9.59 Å². The maximum atomic E-state index is 12.0. The second-order valence-electron chi connectivity index (χ2n) is 5.15. The number of piperidine rings is 1. The largest absolute Gasteiger partial charge is 0.391 e. The quantitative estimate of drug-likeness (QED) is 0.861. The molecular formula is C15H19BrN2O3. The lowest BCUT2D eigenvalue weighted by Gasteiger charge is -2.30. The molecule has 1 aliphatic rings. The van der Waals surface area contributed by atoms with Crippen LogP contribution in [0.3, 0.4) is 0 Å². The molecule has 0 bridgehead atoms. The van der Waals surface area contributed by atoms with Gasteiger partial charge in [-0.1, -0.05) is 15.9 Å². The number of halogens is 1. The maximum absolute atomic E-state index is 12.0. The number of hydrogen-bond donors (Lipinski definition) is 2. The van der Waals surface area contributed by atoms with Gasteiger partial charge in [-0.05, 0) is 37.1 Å². The Morgan fingerprint density at radius 2 is 2.05 bits per heavy atom. The molecule has 2 N–H and O–H groups in total. The van der Waals surface area contributed by atoms with Crippen LogP contribution in [0, 0.1) is 0 Å². The molecule has 2 amide bonds. The van der Waals surface area contributed by atoms with Crippen molar-refractivity contribution in [1.82, 2.24) is 10.2 Å². The van der Waals surface area contributed by atoms with Gasteiger partial charge in [-0.2, -0.15) is 0 Å². The Balaban J connectivity index is 1.74. The van der Waals surface area contributed by atoms with E-state index in [1.54, 1.807) is 29.2 Å². The molecule has 5 nitrogen and oxygen atoms in total. The lowest BCUT2D eigenvalue weighted by molar-refractivity contribution is -0.134. The number of aliphatic hydroxyl groups excluding tert-OH is 1. The van der Waals surface area contributed by atoms with Crippen molar-refractivity contribution in [2.75, 3.05) is 19.6 Å². The van der Waals surface area contributed by atoms with E-state index in [9.17, 15) is 14.7 Å². The summed E-state index contributed by atoms with van der Waals surface area (Å²) in [5, 5.41) is 12.3. The molecule has 0 spiro atoms. The minimum absolute atomic E-state index is 0.0233. The zero-order chi connectivity index (χ0) is 15.2. The molecular weight excluding hydrogens is 336 g/mol. The average molecular weight is 355 g/mol. The zero-order valence-electron chi connectivity index (χ0n) is 11.7. The monoisotopic (exact) mass is 354 g/mol. The van der Waals surface area contributed by atoms with Crippen molar-refractivity contribution in [3.05, 3.63) is 34.3 Å². The lowest BCUT2D eigenvalue weighted by atomic mass is 10.1. The summed E-state index contributed by atoms with van der Waals surface area (Å²) in [5.41, 5.74) is 0.569. The van der Waals surface area contributed by atoms with E-state index in [1.165, 1.54) is 0 Å². The Labute approximate surface area is 132 Å². The molecule has 0 aliphatic carbocycles. The van der Waals surface area contributed by atoms with Gasteiger partial charge in [0.15, 0.2) is 0 Å². The van der Waals surface area contributed by atoms with E-state index in [0.29, 0.717) is 25.2 Å². The molecule has 0 unspecified atom stereocenters. The van der Waals surface area contributed by atoms with Crippen LogP contribution in [0.2, 0.25) is 0 Å². The zero-order valence-corrected chi connectivity index (χ0v) is 13.3. The van der Waals surface area contributed by atoms with Crippen molar-refractivity contribution >= 4 is 27.7 Å². The van der Waals surface area contributed by atoms with Crippen LogP contribution in [0.1, 0.15) is 29.6 Å². The summed E-state index contributed by atoms with van der Waals surface area (Å²) in [4.78, 5) is 25.5. The summed E-state index contributed by atoms with van der Waals surface area (Å²) in [6.07, 6.45) is 1.43. The normalized spacial score (nSPS) is 18.4. The molecule has 1 atom stereocenters. The van der Waals surface area contributed by atoms with Crippen molar-refractivity contribution in [2.24, 2.45) is 0 Å². The van der Waals surface area contributed by atoms with E-state index in [1.807, 2.05) is 0 Å². The highest BCUT2D eigenvalue weighted by atomic mass is 79.9. The number of nitrogens with zero attached hydrogens (tertiary/aromatic N) is 1. The highest BCUT2D eigenvalue weighted by molar-refractivity contribution is 9.10. The molecule has 0 aromatic heterocycles. The van der Waals surface area contributed by atoms with Gasteiger partial charge in [0.1, 0.15) is 0 Å². The minimum Gasteiger partial charge on any atom is -0.391 e. The number of likely N-dealkylation sites (tertiary alicyclic amines) is 1. The number of amides is 2. The first kappa shape index (κ1) is 16.0. The van der Waals surface area contributed by atoms with Gasteiger partial charge in [-0.15, -0.1) is 0 Å². The van der Waals surface area contributed by atoms with Crippen LogP contribution in [-0.4, -0.2) is 47.6 Å². The third-order valence-corrected chi connectivity index (χ3v) is 4.01.